The SMILES string of the molecule is O=C(CNC(=O)Cc1ccccc1)NCC(=O)OCc1ccc(Oc2ccc([N+](=O)[O-])cc2)cc1. The van der Waals surface area contributed by atoms with E-state index in [4.69, 9.17) is 9.47 Å². The first kappa shape index (κ1) is 24.9. The van der Waals surface area contributed by atoms with Crippen LogP contribution in [0, 0.1) is 10.1 Å². The summed E-state index contributed by atoms with van der Waals surface area (Å²) >= 11 is 0. The largest absolute Gasteiger partial charge is 0.460 e. The molecule has 0 aromatic heterocycles. The van der Waals surface area contributed by atoms with Crippen molar-refractivity contribution in [3.8, 4) is 11.5 Å². The Hall–Kier alpha value is -4.73. The Labute approximate surface area is 201 Å². The fraction of sp³-hybridized carbons (Fsp3) is 0.160. The molecule has 10 heteroatoms. The Bertz CT molecular complexity index is 1160. The van der Waals surface area contributed by atoms with E-state index >= 15 is 0 Å². The lowest BCUT2D eigenvalue weighted by atomic mass is 10.1. The van der Waals surface area contributed by atoms with Gasteiger partial charge in [0, 0.05) is 12.1 Å². The second kappa shape index (κ2) is 12.5. The molecule has 0 fully saturated rings. The van der Waals surface area contributed by atoms with Gasteiger partial charge in [0.25, 0.3) is 5.69 Å². The van der Waals surface area contributed by atoms with E-state index in [9.17, 15) is 24.5 Å². The average molecular weight is 477 g/mol. The molecular weight excluding hydrogens is 454 g/mol. The number of amides is 2. The quantitative estimate of drug-likeness (QED) is 0.246. The van der Waals surface area contributed by atoms with Crippen molar-refractivity contribution in [2.75, 3.05) is 13.1 Å². The number of nitrogens with zero attached hydrogens (tertiary/aromatic N) is 1. The maximum atomic E-state index is 11.9. The van der Waals surface area contributed by atoms with Gasteiger partial charge in [-0.3, -0.25) is 24.5 Å². The van der Waals surface area contributed by atoms with E-state index in [1.165, 1.54) is 24.3 Å². The minimum absolute atomic E-state index is 0.000324. The summed E-state index contributed by atoms with van der Waals surface area (Å²) in [5.74, 6) is -0.469. The van der Waals surface area contributed by atoms with Gasteiger partial charge in [0.2, 0.25) is 11.8 Å². The molecule has 0 saturated heterocycles. The van der Waals surface area contributed by atoms with Crippen molar-refractivity contribution in [1.29, 1.82) is 0 Å². The molecule has 0 unspecified atom stereocenters. The Morgan fingerprint density at radius 3 is 1.97 bits per heavy atom. The summed E-state index contributed by atoms with van der Waals surface area (Å²) < 4.78 is 10.8. The highest BCUT2D eigenvalue weighted by Crippen LogP contribution is 2.24. The molecule has 0 saturated carbocycles. The molecule has 0 aliphatic rings. The number of carbonyl (C=O) groups excluding carboxylic acids is 3. The van der Waals surface area contributed by atoms with E-state index in [1.807, 2.05) is 30.3 Å². The summed E-state index contributed by atoms with van der Waals surface area (Å²) in [5, 5.41) is 15.6. The topological polar surface area (TPSA) is 137 Å². The number of benzene rings is 3. The molecule has 3 aromatic carbocycles. The van der Waals surface area contributed by atoms with Gasteiger partial charge in [-0.1, -0.05) is 42.5 Å². The fourth-order valence-electron chi connectivity index (χ4n) is 2.90. The van der Waals surface area contributed by atoms with E-state index in [-0.39, 0.29) is 37.7 Å². The highest BCUT2D eigenvalue weighted by Gasteiger charge is 2.10. The third-order valence-electron chi connectivity index (χ3n) is 4.69. The molecule has 0 aliphatic heterocycles. The number of non-ortho nitro benzene ring substituents is 1. The summed E-state index contributed by atoms with van der Waals surface area (Å²) in [4.78, 5) is 45.8. The number of nitro benzene ring substituents is 1. The van der Waals surface area contributed by atoms with Gasteiger partial charge < -0.3 is 20.1 Å². The number of esters is 1. The van der Waals surface area contributed by atoms with Gasteiger partial charge in [0.05, 0.1) is 17.9 Å². The average Bonchev–Trinajstić information content (AvgIpc) is 2.86. The van der Waals surface area contributed by atoms with E-state index in [1.54, 1.807) is 24.3 Å². The van der Waals surface area contributed by atoms with Crippen molar-refractivity contribution in [3.63, 3.8) is 0 Å². The number of nitro groups is 1. The second-order valence-corrected chi connectivity index (χ2v) is 7.37. The van der Waals surface area contributed by atoms with Crippen LogP contribution in [-0.4, -0.2) is 35.8 Å². The van der Waals surface area contributed by atoms with Gasteiger partial charge in [0.15, 0.2) is 0 Å². The molecule has 35 heavy (non-hydrogen) atoms. The van der Waals surface area contributed by atoms with Gasteiger partial charge in [-0.25, -0.2) is 0 Å². The van der Waals surface area contributed by atoms with Crippen molar-refractivity contribution in [2.24, 2.45) is 0 Å². The molecule has 3 rings (SSSR count). The molecule has 0 bridgehead atoms. The number of ether oxygens (including phenoxy) is 2. The molecule has 2 N–H and O–H groups in total. The summed E-state index contributed by atoms with van der Waals surface area (Å²) in [7, 11) is 0. The Morgan fingerprint density at radius 1 is 0.743 bits per heavy atom. The maximum Gasteiger partial charge on any atom is 0.325 e. The number of nitrogens with one attached hydrogen (secondary N) is 2. The van der Waals surface area contributed by atoms with Gasteiger partial charge in [-0.2, -0.15) is 0 Å². The normalized spacial score (nSPS) is 10.2. The molecular formula is C25H23N3O7. The van der Waals surface area contributed by atoms with Gasteiger partial charge >= 0.3 is 5.97 Å². The predicted molar refractivity (Wildman–Crippen MR) is 126 cm³/mol. The first-order valence-corrected chi connectivity index (χ1v) is 10.6. The molecule has 10 nitrogen and oxygen atoms in total. The van der Waals surface area contributed by atoms with Crippen molar-refractivity contribution in [3.05, 3.63) is 100 Å². The summed E-state index contributed by atoms with van der Waals surface area (Å²) in [6.45, 7) is -0.565. The molecule has 0 heterocycles. The van der Waals surface area contributed by atoms with E-state index in [2.05, 4.69) is 10.6 Å². The van der Waals surface area contributed by atoms with Crippen LogP contribution < -0.4 is 15.4 Å². The number of hydrogen-bond acceptors (Lipinski definition) is 7. The van der Waals surface area contributed by atoms with Crippen LogP contribution in [0.5, 0.6) is 11.5 Å². The smallest absolute Gasteiger partial charge is 0.325 e. The molecule has 0 spiro atoms. The predicted octanol–water partition coefficient (Wildman–Crippen LogP) is 2.91. The van der Waals surface area contributed by atoms with Crippen LogP contribution in [0.3, 0.4) is 0 Å². The first-order valence-electron chi connectivity index (χ1n) is 10.6. The molecule has 180 valence electrons. The van der Waals surface area contributed by atoms with Crippen LogP contribution in [0.25, 0.3) is 0 Å². The van der Waals surface area contributed by atoms with Gasteiger partial charge in [0.1, 0.15) is 24.7 Å². The molecule has 0 aliphatic carbocycles. The number of hydrogen-bond donors (Lipinski definition) is 2. The lowest BCUT2D eigenvalue weighted by molar-refractivity contribution is -0.384. The Morgan fingerprint density at radius 2 is 1.34 bits per heavy atom. The van der Waals surface area contributed by atoms with Gasteiger partial charge in [-0.05, 0) is 35.4 Å². The van der Waals surface area contributed by atoms with Crippen LogP contribution in [0.1, 0.15) is 11.1 Å². The second-order valence-electron chi connectivity index (χ2n) is 7.37. The first-order chi connectivity index (χ1) is 16.9. The van der Waals surface area contributed by atoms with Crippen LogP contribution in [0.15, 0.2) is 78.9 Å². The van der Waals surface area contributed by atoms with Crippen molar-refractivity contribution < 1.29 is 28.8 Å². The standard InChI is InChI=1S/C25H23N3O7/c29-23(14-18-4-2-1-3-5-18)26-15-24(30)27-16-25(31)34-17-19-6-10-21(11-7-19)35-22-12-8-20(9-13-22)28(32)33/h1-13H,14-17H2,(H,26,29)(H,27,30). The molecule has 3 aromatic rings. The Balaban J connectivity index is 1.33. The number of rotatable bonds is 11. The monoisotopic (exact) mass is 477 g/mol. The van der Waals surface area contributed by atoms with Crippen LogP contribution in [0.4, 0.5) is 5.69 Å². The van der Waals surface area contributed by atoms with E-state index in [0.29, 0.717) is 17.1 Å². The fourth-order valence-corrected chi connectivity index (χ4v) is 2.90. The number of carbonyl (C=O) groups is 3. The summed E-state index contributed by atoms with van der Waals surface area (Å²) in [6.07, 6.45) is 0.161. The third-order valence-corrected chi connectivity index (χ3v) is 4.69. The lowest BCUT2D eigenvalue weighted by Crippen LogP contribution is -2.39. The minimum Gasteiger partial charge on any atom is -0.460 e. The summed E-state index contributed by atoms with van der Waals surface area (Å²) in [6, 6.07) is 21.6. The van der Waals surface area contributed by atoms with Crippen molar-refractivity contribution in [2.45, 2.75) is 13.0 Å². The zero-order valence-electron chi connectivity index (χ0n) is 18.6. The van der Waals surface area contributed by atoms with Crippen molar-refractivity contribution in [1.82, 2.24) is 10.6 Å². The maximum absolute atomic E-state index is 11.9. The van der Waals surface area contributed by atoms with Crippen LogP contribution in [-0.2, 0) is 32.1 Å². The van der Waals surface area contributed by atoms with Crippen LogP contribution in [0.2, 0.25) is 0 Å². The molecule has 0 radical (unpaired) electrons. The lowest BCUT2D eigenvalue weighted by Gasteiger charge is -2.09. The third kappa shape index (κ3) is 8.61. The van der Waals surface area contributed by atoms with Gasteiger partial charge in [-0.15, -0.1) is 0 Å². The Kier molecular flexibility index (Phi) is 8.89. The molecule has 0 atom stereocenters. The summed E-state index contributed by atoms with van der Waals surface area (Å²) in [5.41, 5.74) is 1.51. The zero-order valence-corrected chi connectivity index (χ0v) is 18.6. The van der Waals surface area contributed by atoms with E-state index in [0.717, 1.165) is 5.56 Å². The van der Waals surface area contributed by atoms with E-state index < -0.39 is 16.8 Å². The highest BCUT2D eigenvalue weighted by molar-refractivity contribution is 5.87. The molecule has 2 amide bonds. The zero-order chi connectivity index (χ0) is 25.0. The van der Waals surface area contributed by atoms with Crippen LogP contribution >= 0.6 is 0 Å². The minimum atomic E-state index is -0.625. The highest BCUT2D eigenvalue weighted by atomic mass is 16.6. The van der Waals surface area contributed by atoms with Crippen molar-refractivity contribution >= 4 is 23.5 Å².